The second kappa shape index (κ2) is 12.7. The number of nitro benzene ring substituents is 1. The number of aliphatic hydroxyl groups is 1. The lowest BCUT2D eigenvalue weighted by molar-refractivity contribution is -0.386. The molecule has 1 aliphatic rings. The number of sulfonamides is 1. The van der Waals surface area contributed by atoms with Gasteiger partial charge in [-0.1, -0.05) is 60.2 Å². The standard InChI is InChI=1S/C28H33N3O7S/c1-21-8-10-23(11-9-21)28(22-6-4-3-5-7-22)38-20-24(32)19-29-14-16-30(17-15-29)39(35,36)25-12-13-27(37-2)26(18-25)31(33)34/h3-13,18,24,28,32H,14-17,19-20H2,1-2H3/t24-,28-/m1/s1. The zero-order chi connectivity index (χ0) is 28.0. The van der Waals surface area contributed by atoms with Gasteiger partial charge < -0.3 is 14.6 Å². The van der Waals surface area contributed by atoms with E-state index in [1.165, 1.54) is 23.5 Å². The lowest BCUT2D eigenvalue weighted by atomic mass is 10.0. The molecule has 208 valence electrons. The maximum Gasteiger partial charge on any atom is 0.312 e. The number of aliphatic hydroxyl groups excluding tert-OH is 1. The number of ether oxygens (including phenoxy) is 2. The molecular formula is C28H33N3O7S. The smallest absolute Gasteiger partial charge is 0.312 e. The van der Waals surface area contributed by atoms with E-state index < -0.39 is 26.7 Å². The Labute approximate surface area is 228 Å². The van der Waals surface area contributed by atoms with Crippen molar-refractivity contribution >= 4 is 15.7 Å². The molecule has 1 fully saturated rings. The van der Waals surface area contributed by atoms with Gasteiger partial charge in [0.25, 0.3) is 0 Å². The normalized spacial score (nSPS) is 16.5. The summed E-state index contributed by atoms with van der Waals surface area (Å²) in [7, 11) is -2.63. The lowest BCUT2D eigenvalue weighted by Gasteiger charge is -2.35. The minimum absolute atomic E-state index is 0.00291. The molecule has 0 spiro atoms. The van der Waals surface area contributed by atoms with Crippen molar-refractivity contribution in [2.75, 3.05) is 46.4 Å². The molecule has 3 aromatic rings. The van der Waals surface area contributed by atoms with Gasteiger partial charge in [0.15, 0.2) is 5.75 Å². The number of nitro groups is 1. The van der Waals surface area contributed by atoms with Gasteiger partial charge in [-0.2, -0.15) is 4.31 Å². The minimum atomic E-state index is -3.92. The SMILES string of the molecule is COc1ccc(S(=O)(=O)N2CCN(C[C@@H](O)CO[C@H](c3ccccc3)c3ccc(C)cc3)CC2)cc1[N+](=O)[O-]. The first-order chi connectivity index (χ1) is 18.7. The predicted molar refractivity (Wildman–Crippen MR) is 146 cm³/mol. The summed E-state index contributed by atoms with van der Waals surface area (Å²) in [6.07, 6.45) is -1.09. The molecule has 2 atom stereocenters. The number of β-amino-alcohol motifs (C(OH)–C–C–N with tert-alkyl or cyclic N) is 1. The Balaban J connectivity index is 1.34. The van der Waals surface area contributed by atoms with Crippen molar-refractivity contribution in [2.24, 2.45) is 0 Å². The molecule has 39 heavy (non-hydrogen) atoms. The van der Waals surface area contributed by atoms with Crippen LogP contribution in [0.1, 0.15) is 22.8 Å². The van der Waals surface area contributed by atoms with E-state index in [1.54, 1.807) is 0 Å². The molecule has 1 heterocycles. The predicted octanol–water partition coefficient (Wildman–Crippen LogP) is 3.39. The van der Waals surface area contributed by atoms with E-state index in [9.17, 15) is 23.6 Å². The molecule has 1 N–H and O–H groups in total. The molecule has 3 aromatic carbocycles. The van der Waals surface area contributed by atoms with E-state index >= 15 is 0 Å². The minimum Gasteiger partial charge on any atom is -0.490 e. The van der Waals surface area contributed by atoms with Crippen LogP contribution in [0.5, 0.6) is 5.75 Å². The Morgan fingerprint density at radius 1 is 0.974 bits per heavy atom. The number of hydrogen-bond acceptors (Lipinski definition) is 8. The van der Waals surface area contributed by atoms with E-state index in [0.717, 1.165) is 22.8 Å². The van der Waals surface area contributed by atoms with Gasteiger partial charge in [-0.15, -0.1) is 0 Å². The average molecular weight is 556 g/mol. The highest BCUT2D eigenvalue weighted by Gasteiger charge is 2.31. The number of aryl methyl sites for hydroxylation is 1. The van der Waals surface area contributed by atoms with Gasteiger partial charge in [0.2, 0.25) is 10.0 Å². The molecule has 0 radical (unpaired) electrons. The van der Waals surface area contributed by atoms with Crippen molar-refractivity contribution in [3.63, 3.8) is 0 Å². The zero-order valence-corrected chi connectivity index (χ0v) is 22.8. The summed E-state index contributed by atoms with van der Waals surface area (Å²) in [5.74, 6) is -0.00291. The van der Waals surface area contributed by atoms with Gasteiger partial charge in [-0.25, -0.2) is 8.42 Å². The molecule has 0 bridgehead atoms. The molecule has 11 heteroatoms. The van der Waals surface area contributed by atoms with Crippen LogP contribution in [0.3, 0.4) is 0 Å². The summed E-state index contributed by atoms with van der Waals surface area (Å²) in [5, 5.41) is 22.1. The third-order valence-electron chi connectivity index (χ3n) is 6.72. The number of methoxy groups -OCH3 is 1. The Kier molecular flexibility index (Phi) is 9.31. The topological polar surface area (TPSA) is 122 Å². The van der Waals surface area contributed by atoms with Crippen molar-refractivity contribution in [3.8, 4) is 5.75 Å². The van der Waals surface area contributed by atoms with E-state index in [2.05, 4.69) is 0 Å². The molecule has 0 aromatic heterocycles. The van der Waals surface area contributed by atoms with Crippen LogP contribution in [-0.2, 0) is 14.8 Å². The van der Waals surface area contributed by atoms with Crippen molar-refractivity contribution in [1.29, 1.82) is 0 Å². The average Bonchev–Trinajstić information content (AvgIpc) is 2.94. The monoisotopic (exact) mass is 555 g/mol. The van der Waals surface area contributed by atoms with E-state index in [4.69, 9.17) is 9.47 Å². The molecular weight excluding hydrogens is 522 g/mol. The summed E-state index contributed by atoms with van der Waals surface area (Å²) in [4.78, 5) is 12.5. The van der Waals surface area contributed by atoms with E-state index in [1.807, 2.05) is 66.4 Å². The number of piperazine rings is 1. The molecule has 0 unspecified atom stereocenters. The molecule has 0 amide bonds. The molecule has 1 saturated heterocycles. The van der Waals surface area contributed by atoms with E-state index in [0.29, 0.717) is 19.6 Å². The van der Waals surface area contributed by atoms with Crippen LogP contribution in [-0.4, -0.2) is 80.2 Å². The van der Waals surface area contributed by atoms with Gasteiger partial charge in [0, 0.05) is 38.8 Å². The molecule has 0 aliphatic carbocycles. The van der Waals surface area contributed by atoms with Crippen LogP contribution < -0.4 is 4.74 Å². The first-order valence-electron chi connectivity index (χ1n) is 12.6. The number of nitrogens with zero attached hydrogens (tertiary/aromatic N) is 3. The zero-order valence-electron chi connectivity index (χ0n) is 22.0. The summed E-state index contributed by atoms with van der Waals surface area (Å²) in [6.45, 7) is 3.69. The summed E-state index contributed by atoms with van der Waals surface area (Å²) >= 11 is 0. The van der Waals surface area contributed by atoms with Crippen molar-refractivity contribution in [3.05, 3.63) is 99.6 Å². The largest absolute Gasteiger partial charge is 0.490 e. The number of rotatable bonds is 11. The third-order valence-corrected chi connectivity index (χ3v) is 8.62. The summed E-state index contributed by atoms with van der Waals surface area (Å²) < 4.78 is 38.7. The molecule has 10 nitrogen and oxygen atoms in total. The van der Waals surface area contributed by atoms with Crippen molar-refractivity contribution in [2.45, 2.75) is 24.0 Å². The van der Waals surface area contributed by atoms with Gasteiger partial charge in [0.1, 0.15) is 6.10 Å². The van der Waals surface area contributed by atoms with Crippen LogP contribution >= 0.6 is 0 Å². The maximum absolute atomic E-state index is 13.1. The highest BCUT2D eigenvalue weighted by molar-refractivity contribution is 7.89. The fraction of sp³-hybridized carbons (Fsp3) is 0.357. The Morgan fingerprint density at radius 3 is 2.23 bits per heavy atom. The quantitative estimate of drug-likeness (QED) is 0.282. The molecule has 4 rings (SSSR count). The summed E-state index contributed by atoms with van der Waals surface area (Å²) in [6, 6.07) is 21.6. The maximum atomic E-state index is 13.1. The van der Waals surface area contributed by atoms with Gasteiger partial charge >= 0.3 is 5.69 Å². The van der Waals surface area contributed by atoms with Gasteiger partial charge in [0.05, 0.1) is 29.6 Å². The van der Waals surface area contributed by atoms with Crippen molar-refractivity contribution < 1.29 is 27.9 Å². The second-order valence-electron chi connectivity index (χ2n) is 9.48. The van der Waals surface area contributed by atoms with Crippen LogP contribution in [0.15, 0.2) is 77.7 Å². The van der Waals surface area contributed by atoms with Crippen LogP contribution in [0.4, 0.5) is 5.69 Å². The van der Waals surface area contributed by atoms with Gasteiger partial charge in [-0.3, -0.25) is 15.0 Å². The summed E-state index contributed by atoms with van der Waals surface area (Å²) in [5.41, 5.74) is 2.74. The Morgan fingerprint density at radius 2 is 1.62 bits per heavy atom. The number of benzene rings is 3. The van der Waals surface area contributed by atoms with Crippen LogP contribution in [0.25, 0.3) is 0 Å². The first kappa shape index (κ1) is 28.7. The molecule has 1 aliphatic heterocycles. The Hall–Kier alpha value is -3.35. The highest BCUT2D eigenvalue weighted by Crippen LogP contribution is 2.31. The molecule has 0 saturated carbocycles. The van der Waals surface area contributed by atoms with Crippen LogP contribution in [0, 0.1) is 17.0 Å². The van der Waals surface area contributed by atoms with Crippen LogP contribution in [0.2, 0.25) is 0 Å². The number of hydrogen-bond donors (Lipinski definition) is 1. The van der Waals surface area contributed by atoms with E-state index in [-0.39, 0.29) is 36.4 Å². The lowest BCUT2D eigenvalue weighted by Crippen LogP contribution is -2.50. The van der Waals surface area contributed by atoms with Gasteiger partial charge in [-0.05, 0) is 30.2 Å². The first-order valence-corrected chi connectivity index (χ1v) is 14.1. The highest BCUT2D eigenvalue weighted by atomic mass is 32.2. The Bertz CT molecular complexity index is 1360. The third kappa shape index (κ3) is 7.00. The fourth-order valence-corrected chi connectivity index (χ4v) is 6.03. The fourth-order valence-electron chi connectivity index (χ4n) is 4.59. The van der Waals surface area contributed by atoms with Crippen molar-refractivity contribution in [1.82, 2.24) is 9.21 Å². The second-order valence-corrected chi connectivity index (χ2v) is 11.4.